The molecule has 0 aliphatic carbocycles. The molecule has 0 aromatic heterocycles. The summed E-state index contributed by atoms with van der Waals surface area (Å²) in [6.45, 7) is 6.15. The van der Waals surface area contributed by atoms with E-state index in [-0.39, 0.29) is 0 Å². The van der Waals surface area contributed by atoms with Crippen molar-refractivity contribution in [1.82, 2.24) is 4.90 Å². The summed E-state index contributed by atoms with van der Waals surface area (Å²) in [5.74, 6) is 0.587. The summed E-state index contributed by atoms with van der Waals surface area (Å²) in [5, 5.41) is 10.2. The van der Waals surface area contributed by atoms with Gasteiger partial charge in [-0.3, -0.25) is 9.69 Å². The van der Waals surface area contributed by atoms with Crippen LogP contribution in [0.3, 0.4) is 0 Å². The molecule has 2 heterocycles. The highest BCUT2D eigenvalue weighted by Gasteiger charge is 2.43. The molecule has 1 N–H and O–H groups in total. The van der Waals surface area contributed by atoms with Crippen molar-refractivity contribution in [1.29, 1.82) is 0 Å². The van der Waals surface area contributed by atoms with Gasteiger partial charge in [0.25, 0.3) is 0 Å². The Kier molecular flexibility index (Phi) is 4.03. The number of carboxylic acids is 1. The molecule has 0 radical (unpaired) electrons. The third-order valence-corrected chi connectivity index (χ3v) is 5.77. The molecule has 0 saturated carbocycles. The molecule has 2 aliphatic rings. The van der Waals surface area contributed by atoms with Crippen LogP contribution in [0.5, 0.6) is 0 Å². The van der Waals surface area contributed by atoms with E-state index in [1.165, 1.54) is 12.2 Å². The van der Waals surface area contributed by atoms with E-state index < -0.39 is 11.4 Å². The minimum Gasteiger partial charge on any atom is -0.481 e. The van der Waals surface area contributed by atoms with Gasteiger partial charge in [-0.25, -0.2) is 0 Å². The maximum atomic E-state index is 11.5. The van der Waals surface area contributed by atoms with Crippen LogP contribution in [0, 0.1) is 5.41 Å². The smallest absolute Gasteiger partial charge is 0.310 e. The summed E-state index contributed by atoms with van der Waals surface area (Å²) in [6, 6.07) is 0.612. The monoisotopic (exact) mass is 257 g/mol. The van der Waals surface area contributed by atoms with E-state index in [0.717, 1.165) is 37.6 Å². The molecule has 2 aliphatic heterocycles. The van der Waals surface area contributed by atoms with Gasteiger partial charge in [0.05, 0.1) is 5.41 Å². The Labute approximate surface area is 108 Å². The number of likely N-dealkylation sites (tertiary alicyclic amines) is 1. The molecule has 2 fully saturated rings. The van der Waals surface area contributed by atoms with Crippen molar-refractivity contribution in [2.75, 3.05) is 18.8 Å². The zero-order chi connectivity index (χ0) is 12.5. The number of carbonyl (C=O) groups is 1. The van der Waals surface area contributed by atoms with E-state index in [0.29, 0.717) is 6.04 Å². The maximum Gasteiger partial charge on any atom is 0.310 e. The predicted molar refractivity (Wildman–Crippen MR) is 71.5 cm³/mol. The molecule has 0 aromatic rings. The molecule has 0 spiro atoms. The van der Waals surface area contributed by atoms with Crippen molar-refractivity contribution in [2.24, 2.45) is 5.41 Å². The van der Waals surface area contributed by atoms with Gasteiger partial charge in [-0.1, -0.05) is 13.8 Å². The summed E-state index contributed by atoms with van der Waals surface area (Å²) >= 11 is 2.03. The van der Waals surface area contributed by atoms with Crippen molar-refractivity contribution in [3.63, 3.8) is 0 Å². The maximum absolute atomic E-state index is 11.5. The lowest BCUT2D eigenvalue weighted by Crippen LogP contribution is -2.51. The van der Waals surface area contributed by atoms with Gasteiger partial charge < -0.3 is 5.11 Å². The Morgan fingerprint density at radius 2 is 2.35 bits per heavy atom. The van der Waals surface area contributed by atoms with Gasteiger partial charge in [-0.05, 0) is 32.2 Å². The van der Waals surface area contributed by atoms with E-state index in [9.17, 15) is 9.90 Å². The Morgan fingerprint density at radius 1 is 1.59 bits per heavy atom. The highest BCUT2D eigenvalue weighted by Crippen LogP contribution is 2.38. The van der Waals surface area contributed by atoms with E-state index in [1.807, 2.05) is 18.7 Å². The zero-order valence-corrected chi connectivity index (χ0v) is 11.6. The van der Waals surface area contributed by atoms with Crippen LogP contribution < -0.4 is 0 Å². The summed E-state index contributed by atoms with van der Waals surface area (Å²) < 4.78 is 0. The third kappa shape index (κ3) is 2.63. The Morgan fingerprint density at radius 3 is 2.88 bits per heavy atom. The van der Waals surface area contributed by atoms with Crippen molar-refractivity contribution >= 4 is 17.7 Å². The fourth-order valence-electron chi connectivity index (χ4n) is 3.14. The van der Waals surface area contributed by atoms with Crippen LogP contribution in [0.25, 0.3) is 0 Å². The zero-order valence-electron chi connectivity index (χ0n) is 10.8. The fraction of sp³-hybridized carbons (Fsp3) is 0.923. The van der Waals surface area contributed by atoms with E-state index >= 15 is 0 Å². The minimum atomic E-state index is -0.594. The van der Waals surface area contributed by atoms with Crippen LogP contribution >= 0.6 is 11.8 Å². The number of aliphatic carboxylic acids is 1. The number of piperidine rings is 1. The number of hydrogen-bond acceptors (Lipinski definition) is 3. The molecule has 3 atom stereocenters. The molecule has 17 heavy (non-hydrogen) atoms. The Hall–Kier alpha value is -0.220. The third-order valence-electron chi connectivity index (χ3n) is 4.43. The molecule has 4 heteroatoms. The topological polar surface area (TPSA) is 40.5 Å². The van der Waals surface area contributed by atoms with Crippen LogP contribution in [0.1, 0.15) is 39.5 Å². The molecular weight excluding hydrogens is 234 g/mol. The number of nitrogens with zero attached hydrogens (tertiary/aromatic N) is 1. The molecule has 0 amide bonds. The van der Waals surface area contributed by atoms with Gasteiger partial charge in [-0.2, -0.15) is 11.8 Å². The average molecular weight is 257 g/mol. The lowest BCUT2D eigenvalue weighted by atomic mass is 9.77. The van der Waals surface area contributed by atoms with Crippen LogP contribution in [0.2, 0.25) is 0 Å². The fourth-order valence-corrected chi connectivity index (χ4v) is 4.40. The lowest BCUT2D eigenvalue weighted by Gasteiger charge is -2.42. The summed E-state index contributed by atoms with van der Waals surface area (Å²) in [5.41, 5.74) is -0.477. The average Bonchev–Trinajstić information content (AvgIpc) is 2.76. The Balaban J connectivity index is 2.03. The van der Waals surface area contributed by atoms with Crippen molar-refractivity contribution < 1.29 is 9.90 Å². The van der Waals surface area contributed by atoms with Crippen molar-refractivity contribution in [3.05, 3.63) is 0 Å². The molecular formula is C13H23NO2S. The largest absolute Gasteiger partial charge is 0.481 e. The summed E-state index contributed by atoms with van der Waals surface area (Å²) in [6.07, 6.45) is 3.87. The van der Waals surface area contributed by atoms with Crippen LogP contribution in [-0.4, -0.2) is 46.1 Å². The Bertz CT molecular complexity index is 297. The SMILES string of the molecule is CCC1(C(=O)O)CCCN(C2CSC(C)C2)C1. The van der Waals surface area contributed by atoms with Crippen LogP contribution in [0.15, 0.2) is 0 Å². The predicted octanol–water partition coefficient (Wildman–Crippen LogP) is 2.46. The number of hydrogen-bond donors (Lipinski definition) is 1. The lowest BCUT2D eigenvalue weighted by molar-refractivity contribution is -0.153. The molecule has 0 aromatic carbocycles. The first-order valence-corrected chi connectivity index (χ1v) is 7.71. The summed E-state index contributed by atoms with van der Waals surface area (Å²) in [7, 11) is 0. The van der Waals surface area contributed by atoms with Crippen LogP contribution in [-0.2, 0) is 4.79 Å². The van der Waals surface area contributed by atoms with Crippen LogP contribution in [0.4, 0.5) is 0 Å². The standard InChI is InChI=1S/C13H23NO2S/c1-3-13(12(15)16)5-4-6-14(9-13)11-7-10(2)17-8-11/h10-11H,3-9H2,1-2H3,(H,15,16). The van der Waals surface area contributed by atoms with Crippen molar-refractivity contribution in [2.45, 2.75) is 50.8 Å². The number of rotatable bonds is 3. The first-order chi connectivity index (χ1) is 8.07. The van der Waals surface area contributed by atoms with Crippen molar-refractivity contribution in [3.8, 4) is 0 Å². The molecule has 3 unspecified atom stereocenters. The minimum absolute atomic E-state index is 0.477. The first-order valence-electron chi connectivity index (χ1n) is 6.66. The van der Waals surface area contributed by atoms with Gasteiger partial charge in [0.1, 0.15) is 0 Å². The highest BCUT2D eigenvalue weighted by atomic mass is 32.2. The van der Waals surface area contributed by atoms with Gasteiger partial charge in [0.15, 0.2) is 0 Å². The molecule has 98 valence electrons. The van der Waals surface area contributed by atoms with Gasteiger partial charge in [0.2, 0.25) is 0 Å². The quantitative estimate of drug-likeness (QED) is 0.843. The van der Waals surface area contributed by atoms with E-state index in [2.05, 4.69) is 11.8 Å². The highest BCUT2D eigenvalue weighted by molar-refractivity contribution is 8.00. The molecule has 3 nitrogen and oxygen atoms in total. The van der Waals surface area contributed by atoms with Gasteiger partial charge in [-0.15, -0.1) is 0 Å². The summed E-state index contributed by atoms with van der Waals surface area (Å²) in [4.78, 5) is 13.9. The normalized spacial score (nSPS) is 39.4. The number of thioether (sulfide) groups is 1. The molecule has 2 saturated heterocycles. The second-order valence-electron chi connectivity index (χ2n) is 5.55. The second kappa shape index (κ2) is 5.19. The number of carboxylic acid groups (broad SMARTS) is 1. The molecule has 2 rings (SSSR count). The van der Waals surface area contributed by atoms with Gasteiger partial charge in [0, 0.05) is 23.6 Å². The van der Waals surface area contributed by atoms with E-state index in [4.69, 9.17) is 0 Å². The van der Waals surface area contributed by atoms with Gasteiger partial charge >= 0.3 is 5.97 Å². The molecule has 0 bridgehead atoms. The first kappa shape index (κ1) is 13.2. The van der Waals surface area contributed by atoms with E-state index in [1.54, 1.807) is 0 Å². The second-order valence-corrected chi connectivity index (χ2v) is 7.02.